The number of hydrogen-bond donors (Lipinski definition) is 1. The van der Waals surface area contributed by atoms with Crippen molar-refractivity contribution < 1.29 is 4.79 Å². The van der Waals surface area contributed by atoms with E-state index in [1.54, 1.807) is 24.3 Å². The number of carbonyl (C=O) groups excluding carboxylic acids is 1. The van der Waals surface area contributed by atoms with Crippen molar-refractivity contribution in [1.82, 2.24) is 4.98 Å². The van der Waals surface area contributed by atoms with Crippen LogP contribution < -0.4 is 5.32 Å². The molecule has 1 amide bonds. The monoisotopic (exact) mass is 356 g/mol. The number of nitrogens with zero attached hydrogens (tertiary/aromatic N) is 1. The van der Waals surface area contributed by atoms with Gasteiger partial charge in [-0.3, -0.25) is 10.1 Å². The number of hydrogen-bond acceptors (Lipinski definition) is 3. The Kier molecular flexibility index (Phi) is 4.97. The lowest BCUT2D eigenvalue weighted by Gasteiger charge is -2.05. The van der Waals surface area contributed by atoms with Crippen LogP contribution in [0.5, 0.6) is 0 Å². The molecule has 2 aromatic carbocycles. The number of halogens is 1. The average Bonchev–Trinajstić information content (AvgIpc) is 3.03. The molecule has 0 unspecified atom stereocenters. The number of amides is 1. The second-order valence-corrected chi connectivity index (χ2v) is 7.01. The van der Waals surface area contributed by atoms with E-state index in [-0.39, 0.29) is 5.91 Å². The standard InChI is InChI=1S/C19H17ClN2OS/c1-12(2)13-7-9-14(10-8-13)17-11-24-19(21-17)22-18(23)15-5-3-4-6-16(15)20/h3-12H,1-2H3,(H,21,22,23). The molecule has 24 heavy (non-hydrogen) atoms. The highest BCUT2D eigenvalue weighted by atomic mass is 35.5. The first kappa shape index (κ1) is 16.7. The van der Waals surface area contributed by atoms with Gasteiger partial charge in [-0.25, -0.2) is 4.98 Å². The van der Waals surface area contributed by atoms with Crippen LogP contribution in [-0.4, -0.2) is 10.9 Å². The summed E-state index contributed by atoms with van der Waals surface area (Å²) in [7, 11) is 0. The molecule has 0 spiro atoms. The first-order valence-corrected chi connectivity index (χ1v) is 8.92. The second kappa shape index (κ2) is 7.16. The summed E-state index contributed by atoms with van der Waals surface area (Å²) in [5, 5.41) is 5.73. The van der Waals surface area contributed by atoms with Crippen molar-refractivity contribution in [3.8, 4) is 11.3 Å². The highest BCUT2D eigenvalue weighted by molar-refractivity contribution is 7.14. The molecule has 0 aliphatic rings. The van der Waals surface area contributed by atoms with Gasteiger partial charge >= 0.3 is 0 Å². The van der Waals surface area contributed by atoms with Crippen LogP contribution in [0.25, 0.3) is 11.3 Å². The fraction of sp³-hybridized carbons (Fsp3) is 0.158. The van der Waals surface area contributed by atoms with Crippen molar-refractivity contribution in [3.63, 3.8) is 0 Å². The average molecular weight is 357 g/mol. The number of carbonyl (C=O) groups is 1. The largest absolute Gasteiger partial charge is 0.298 e. The molecule has 0 atom stereocenters. The third-order valence-electron chi connectivity index (χ3n) is 3.72. The van der Waals surface area contributed by atoms with Crippen molar-refractivity contribution >= 4 is 34.0 Å². The molecule has 0 fully saturated rings. The summed E-state index contributed by atoms with van der Waals surface area (Å²) in [6.45, 7) is 4.33. The van der Waals surface area contributed by atoms with Gasteiger partial charge < -0.3 is 0 Å². The fourth-order valence-corrected chi connectivity index (χ4v) is 3.25. The summed E-state index contributed by atoms with van der Waals surface area (Å²) in [6, 6.07) is 15.3. The van der Waals surface area contributed by atoms with Gasteiger partial charge in [0, 0.05) is 10.9 Å². The van der Waals surface area contributed by atoms with Crippen LogP contribution in [0.4, 0.5) is 5.13 Å². The van der Waals surface area contributed by atoms with Gasteiger partial charge in [0.25, 0.3) is 5.91 Å². The van der Waals surface area contributed by atoms with E-state index in [9.17, 15) is 4.79 Å². The highest BCUT2D eigenvalue weighted by Gasteiger charge is 2.12. The van der Waals surface area contributed by atoms with Crippen LogP contribution in [-0.2, 0) is 0 Å². The molecule has 122 valence electrons. The van der Waals surface area contributed by atoms with Crippen LogP contribution in [0.2, 0.25) is 5.02 Å². The van der Waals surface area contributed by atoms with Gasteiger partial charge in [-0.05, 0) is 23.6 Å². The van der Waals surface area contributed by atoms with Crippen molar-refractivity contribution in [2.24, 2.45) is 0 Å². The van der Waals surface area contributed by atoms with Gasteiger partial charge in [0.1, 0.15) is 0 Å². The van der Waals surface area contributed by atoms with E-state index in [0.29, 0.717) is 21.6 Å². The Bertz CT molecular complexity index is 856. The Morgan fingerprint density at radius 3 is 2.50 bits per heavy atom. The van der Waals surface area contributed by atoms with Crippen LogP contribution >= 0.6 is 22.9 Å². The maximum Gasteiger partial charge on any atom is 0.258 e. The van der Waals surface area contributed by atoms with E-state index in [2.05, 4.69) is 48.4 Å². The molecule has 0 aliphatic heterocycles. The van der Waals surface area contributed by atoms with Crippen LogP contribution in [0.1, 0.15) is 35.7 Å². The molecule has 0 aliphatic carbocycles. The van der Waals surface area contributed by atoms with Crippen LogP contribution in [0, 0.1) is 0 Å². The molecule has 5 heteroatoms. The van der Waals surface area contributed by atoms with Crippen molar-refractivity contribution in [3.05, 3.63) is 70.1 Å². The predicted octanol–water partition coefficient (Wildman–Crippen LogP) is 5.84. The minimum Gasteiger partial charge on any atom is -0.298 e. The predicted molar refractivity (Wildman–Crippen MR) is 101 cm³/mol. The lowest BCUT2D eigenvalue weighted by molar-refractivity contribution is 0.102. The normalized spacial score (nSPS) is 10.8. The summed E-state index contributed by atoms with van der Waals surface area (Å²) in [5.41, 5.74) is 3.62. The summed E-state index contributed by atoms with van der Waals surface area (Å²) in [4.78, 5) is 16.8. The Balaban J connectivity index is 1.76. The lowest BCUT2D eigenvalue weighted by atomic mass is 10.0. The van der Waals surface area contributed by atoms with Crippen molar-refractivity contribution in [2.75, 3.05) is 5.32 Å². The van der Waals surface area contributed by atoms with E-state index in [0.717, 1.165) is 11.3 Å². The van der Waals surface area contributed by atoms with Crippen LogP contribution in [0.15, 0.2) is 53.9 Å². The van der Waals surface area contributed by atoms with Gasteiger partial charge in [-0.1, -0.05) is 61.8 Å². The molecular formula is C19H17ClN2OS. The molecule has 0 saturated carbocycles. The maximum absolute atomic E-state index is 12.3. The number of nitrogens with one attached hydrogen (secondary N) is 1. The van der Waals surface area contributed by atoms with E-state index in [1.807, 2.05) is 5.38 Å². The lowest BCUT2D eigenvalue weighted by Crippen LogP contribution is -2.12. The second-order valence-electron chi connectivity index (χ2n) is 5.75. The summed E-state index contributed by atoms with van der Waals surface area (Å²) < 4.78 is 0. The third-order valence-corrected chi connectivity index (χ3v) is 4.80. The number of benzene rings is 2. The zero-order chi connectivity index (χ0) is 17.1. The molecule has 1 aromatic heterocycles. The van der Waals surface area contributed by atoms with Gasteiger partial charge in [0.15, 0.2) is 5.13 Å². The van der Waals surface area contributed by atoms with E-state index >= 15 is 0 Å². The van der Waals surface area contributed by atoms with Gasteiger partial charge in [0.05, 0.1) is 16.3 Å². The third kappa shape index (κ3) is 3.66. The number of thiazole rings is 1. The smallest absolute Gasteiger partial charge is 0.258 e. The first-order valence-electron chi connectivity index (χ1n) is 7.66. The zero-order valence-corrected chi connectivity index (χ0v) is 15.0. The summed E-state index contributed by atoms with van der Waals surface area (Å²) in [6.07, 6.45) is 0. The Hall–Kier alpha value is -2.17. The molecular weight excluding hydrogens is 340 g/mol. The molecule has 0 bridgehead atoms. The fourth-order valence-electron chi connectivity index (χ4n) is 2.31. The molecule has 3 aromatic rings. The van der Waals surface area contributed by atoms with E-state index in [1.165, 1.54) is 16.9 Å². The van der Waals surface area contributed by atoms with Gasteiger partial charge in [0.2, 0.25) is 0 Å². The van der Waals surface area contributed by atoms with E-state index in [4.69, 9.17) is 11.6 Å². The molecule has 0 radical (unpaired) electrons. The van der Waals surface area contributed by atoms with E-state index < -0.39 is 0 Å². The van der Waals surface area contributed by atoms with Crippen molar-refractivity contribution in [1.29, 1.82) is 0 Å². The summed E-state index contributed by atoms with van der Waals surface area (Å²) in [5.74, 6) is 0.247. The minimum atomic E-state index is -0.253. The molecule has 0 saturated heterocycles. The Morgan fingerprint density at radius 2 is 1.83 bits per heavy atom. The van der Waals surface area contributed by atoms with Crippen molar-refractivity contribution in [2.45, 2.75) is 19.8 Å². The first-order chi connectivity index (χ1) is 11.5. The topological polar surface area (TPSA) is 42.0 Å². The molecule has 1 N–H and O–H groups in total. The maximum atomic E-state index is 12.3. The SMILES string of the molecule is CC(C)c1ccc(-c2csc(NC(=O)c3ccccc3Cl)n2)cc1. The van der Waals surface area contributed by atoms with Crippen LogP contribution in [0.3, 0.4) is 0 Å². The Labute approximate surface area is 150 Å². The Morgan fingerprint density at radius 1 is 1.12 bits per heavy atom. The molecule has 1 heterocycles. The molecule has 3 nitrogen and oxygen atoms in total. The molecule has 3 rings (SSSR count). The van der Waals surface area contributed by atoms with Gasteiger partial charge in [-0.15, -0.1) is 11.3 Å². The minimum absolute atomic E-state index is 0.253. The summed E-state index contributed by atoms with van der Waals surface area (Å²) >= 11 is 7.45. The quantitative estimate of drug-likeness (QED) is 0.638. The number of aromatic nitrogens is 1. The number of rotatable bonds is 4. The number of anilines is 1. The zero-order valence-electron chi connectivity index (χ0n) is 13.4. The van der Waals surface area contributed by atoms with Gasteiger partial charge in [-0.2, -0.15) is 0 Å². The highest BCUT2D eigenvalue weighted by Crippen LogP contribution is 2.27.